The van der Waals surface area contributed by atoms with Gasteiger partial charge < -0.3 is 9.84 Å². The molecule has 1 aromatic rings. The number of hydrogen-bond donors (Lipinski definition) is 2. The summed E-state index contributed by atoms with van der Waals surface area (Å²) in [5.41, 5.74) is -0.437. The molecule has 0 amide bonds. The second-order valence-corrected chi connectivity index (χ2v) is 7.11. The molecule has 0 heterocycles. The normalized spacial score (nSPS) is 12.2. The number of methoxy groups -OCH3 is 1. The molecular formula is C13H19NO5S. The average molecular weight is 301 g/mol. The number of aromatic carboxylic acids is 1. The number of benzene rings is 1. The zero-order valence-electron chi connectivity index (χ0n) is 12.1. The van der Waals surface area contributed by atoms with Crippen LogP contribution in [0.5, 0.6) is 5.75 Å². The van der Waals surface area contributed by atoms with Gasteiger partial charge in [0.25, 0.3) is 0 Å². The molecule has 0 aliphatic rings. The Kier molecular flexibility index (Phi) is 4.45. The SMILES string of the molecule is COc1cc(C(=O)O)cc(S(=O)(=O)NC(C)(C)C)c1C. The Labute approximate surface area is 118 Å². The van der Waals surface area contributed by atoms with Crippen molar-refractivity contribution in [3.05, 3.63) is 23.3 Å². The van der Waals surface area contributed by atoms with E-state index >= 15 is 0 Å². The van der Waals surface area contributed by atoms with Crippen molar-refractivity contribution in [2.24, 2.45) is 0 Å². The quantitative estimate of drug-likeness (QED) is 0.884. The van der Waals surface area contributed by atoms with Crippen LogP contribution in [0.15, 0.2) is 17.0 Å². The van der Waals surface area contributed by atoms with Gasteiger partial charge in [-0.2, -0.15) is 0 Å². The smallest absolute Gasteiger partial charge is 0.335 e. The highest BCUT2D eigenvalue weighted by atomic mass is 32.2. The number of hydrogen-bond acceptors (Lipinski definition) is 4. The highest BCUT2D eigenvalue weighted by molar-refractivity contribution is 7.89. The third-order valence-electron chi connectivity index (χ3n) is 2.51. The van der Waals surface area contributed by atoms with E-state index in [2.05, 4.69) is 4.72 Å². The average Bonchev–Trinajstić information content (AvgIpc) is 2.25. The van der Waals surface area contributed by atoms with Gasteiger partial charge in [-0.05, 0) is 39.8 Å². The summed E-state index contributed by atoms with van der Waals surface area (Å²) in [6.45, 7) is 6.69. The molecule has 112 valence electrons. The third kappa shape index (κ3) is 3.71. The van der Waals surface area contributed by atoms with Crippen LogP contribution in [0, 0.1) is 6.92 Å². The lowest BCUT2D eigenvalue weighted by molar-refractivity contribution is 0.0696. The summed E-state index contributed by atoms with van der Waals surface area (Å²) in [6, 6.07) is 2.43. The van der Waals surface area contributed by atoms with Crippen LogP contribution in [0.2, 0.25) is 0 Å². The van der Waals surface area contributed by atoms with Crippen molar-refractivity contribution < 1.29 is 23.1 Å². The van der Waals surface area contributed by atoms with Gasteiger partial charge in [0.15, 0.2) is 0 Å². The first-order valence-electron chi connectivity index (χ1n) is 5.94. The van der Waals surface area contributed by atoms with E-state index in [1.807, 2.05) is 0 Å². The summed E-state index contributed by atoms with van der Waals surface area (Å²) < 4.78 is 32.2. The zero-order chi connectivity index (χ0) is 15.7. The van der Waals surface area contributed by atoms with Crippen LogP contribution in [0.1, 0.15) is 36.7 Å². The van der Waals surface area contributed by atoms with Gasteiger partial charge >= 0.3 is 5.97 Å². The van der Waals surface area contributed by atoms with Gasteiger partial charge in [0, 0.05) is 11.1 Å². The van der Waals surface area contributed by atoms with Gasteiger partial charge in [0.2, 0.25) is 10.0 Å². The minimum Gasteiger partial charge on any atom is -0.496 e. The van der Waals surface area contributed by atoms with E-state index in [0.29, 0.717) is 5.56 Å². The Bertz CT molecular complexity index is 629. The van der Waals surface area contributed by atoms with Crippen LogP contribution in [0.4, 0.5) is 0 Å². The fourth-order valence-corrected chi connectivity index (χ4v) is 3.44. The van der Waals surface area contributed by atoms with E-state index in [9.17, 15) is 13.2 Å². The van der Waals surface area contributed by atoms with Crippen LogP contribution in [0.3, 0.4) is 0 Å². The molecule has 20 heavy (non-hydrogen) atoms. The molecule has 0 aromatic heterocycles. The molecule has 0 spiro atoms. The lowest BCUT2D eigenvalue weighted by Crippen LogP contribution is -2.40. The van der Waals surface area contributed by atoms with E-state index in [-0.39, 0.29) is 16.2 Å². The van der Waals surface area contributed by atoms with Gasteiger partial charge in [0.05, 0.1) is 17.6 Å². The van der Waals surface area contributed by atoms with Gasteiger partial charge in [-0.15, -0.1) is 0 Å². The van der Waals surface area contributed by atoms with E-state index < -0.39 is 21.5 Å². The Hall–Kier alpha value is -1.60. The van der Waals surface area contributed by atoms with Crippen molar-refractivity contribution in [3.8, 4) is 5.75 Å². The Morgan fingerprint density at radius 1 is 1.30 bits per heavy atom. The van der Waals surface area contributed by atoms with E-state index in [1.165, 1.54) is 13.2 Å². The molecule has 0 saturated carbocycles. The predicted molar refractivity (Wildman–Crippen MR) is 74.8 cm³/mol. The maximum absolute atomic E-state index is 12.4. The van der Waals surface area contributed by atoms with Crippen molar-refractivity contribution in [2.45, 2.75) is 38.1 Å². The standard InChI is InChI=1S/C13H19NO5S/c1-8-10(19-5)6-9(12(15)16)7-11(8)20(17,18)14-13(2,3)4/h6-7,14H,1-5H3,(H,15,16). The molecule has 0 saturated heterocycles. The lowest BCUT2D eigenvalue weighted by atomic mass is 10.1. The monoisotopic (exact) mass is 301 g/mol. The van der Waals surface area contributed by atoms with Crippen LogP contribution >= 0.6 is 0 Å². The molecule has 0 aliphatic carbocycles. The Balaban J connectivity index is 3.51. The van der Waals surface area contributed by atoms with Gasteiger partial charge in [-0.3, -0.25) is 0 Å². The van der Waals surface area contributed by atoms with Crippen molar-refractivity contribution >= 4 is 16.0 Å². The molecule has 1 aromatic carbocycles. The second-order valence-electron chi connectivity index (χ2n) is 5.46. The summed E-state index contributed by atoms with van der Waals surface area (Å²) >= 11 is 0. The maximum atomic E-state index is 12.4. The highest BCUT2D eigenvalue weighted by Crippen LogP contribution is 2.28. The Morgan fingerprint density at radius 3 is 2.25 bits per heavy atom. The molecule has 2 N–H and O–H groups in total. The van der Waals surface area contributed by atoms with Crippen molar-refractivity contribution in [1.29, 1.82) is 0 Å². The highest BCUT2D eigenvalue weighted by Gasteiger charge is 2.26. The molecule has 7 heteroatoms. The zero-order valence-corrected chi connectivity index (χ0v) is 13.0. The molecule has 0 bridgehead atoms. The largest absolute Gasteiger partial charge is 0.496 e. The molecule has 0 atom stereocenters. The summed E-state index contributed by atoms with van der Waals surface area (Å²) in [5.74, 6) is -0.991. The first kappa shape index (κ1) is 16.5. The first-order chi connectivity index (χ1) is 8.98. The number of nitrogens with one attached hydrogen (secondary N) is 1. The van der Waals surface area contributed by atoms with Crippen LogP contribution in [-0.4, -0.2) is 32.1 Å². The maximum Gasteiger partial charge on any atom is 0.335 e. The Morgan fingerprint density at radius 2 is 1.85 bits per heavy atom. The first-order valence-corrected chi connectivity index (χ1v) is 7.42. The number of rotatable bonds is 4. The third-order valence-corrected chi connectivity index (χ3v) is 4.39. The molecule has 0 aliphatic heterocycles. The van der Waals surface area contributed by atoms with Crippen LogP contribution < -0.4 is 9.46 Å². The molecular weight excluding hydrogens is 282 g/mol. The number of carboxylic acids is 1. The second kappa shape index (κ2) is 5.41. The van der Waals surface area contributed by atoms with Crippen molar-refractivity contribution in [2.75, 3.05) is 7.11 Å². The lowest BCUT2D eigenvalue weighted by Gasteiger charge is -2.22. The van der Waals surface area contributed by atoms with Crippen LogP contribution in [0.25, 0.3) is 0 Å². The fraction of sp³-hybridized carbons (Fsp3) is 0.462. The molecule has 0 fully saturated rings. The van der Waals surface area contributed by atoms with E-state index in [0.717, 1.165) is 6.07 Å². The van der Waals surface area contributed by atoms with Crippen molar-refractivity contribution in [1.82, 2.24) is 4.72 Å². The fourth-order valence-electron chi connectivity index (χ4n) is 1.73. The number of sulfonamides is 1. The van der Waals surface area contributed by atoms with Gasteiger partial charge in [-0.1, -0.05) is 0 Å². The summed E-state index contributed by atoms with van der Waals surface area (Å²) in [5, 5.41) is 9.05. The number of carbonyl (C=O) groups is 1. The van der Waals surface area contributed by atoms with Crippen molar-refractivity contribution in [3.63, 3.8) is 0 Å². The summed E-state index contributed by atoms with van der Waals surface area (Å²) in [6.07, 6.45) is 0. The summed E-state index contributed by atoms with van der Waals surface area (Å²) in [7, 11) is -2.47. The topological polar surface area (TPSA) is 92.7 Å². The number of carboxylic acid groups (broad SMARTS) is 1. The molecule has 0 radical (unpaired) electrons. The number of ether oxygens (including phenoxy) is 1. The minimum atomic E-state index is -3.83. The predicted octanol–water partition coefficient (Wildman–Crippen LogP) is 1.78. The van der Waals surface area contributed by atoms with E-state index in [4.69, 9.17) is 9.84 Å². The van der Waals surface area contributed by atoms with E-state index in [1.54, 1.807) is 27.7 Å². The molecule has 6 nitrogen and oxygen atoms in total. The summed E-state index contributed by atoms with van der Waals surface area (Å²) in [4.78, 5) is 11.0. The minimum absolute atomic E-state index is 0.0934. The molecule has 1 rings (SSSR count). The van der Waals surface area contributed by atoms with Gasteiger partial charge in [-0.25, -0.2) is 17.9 Å². The van der Waals surface area contributed by atoms with Crippen LogP contribution in [-0.2, 0) is 10.0 Å². The van der Waals surface area contributed by atoms with Gasteiger partial charge in [0.1, 0.15) is 5.75 Å². The molecule has 0 unspecified atom stereocenters.